The molecular formula is C11H15F3N2O2. The van der Waals surface area contributed by atoms with E-state index in [1.165, 1.54) is 6.92 Å². The van der Waals surface area contributed by atoms with Crippen LogP contribution in [0.2, 0.25) is 0 Å². The molecule has 0 amide bonds. The summed E-state index contributed by atoms with van der Waals surface area (Å²) in [5.41, 5.74) is 3.82. The number of nitro groups is 1. The molecule has 0 fully saturated rings. The van der Waals surface area contributed by atoms with Gasteiger partial charge in [0.1, 0.15) is 0 Å². The highest BCUT2D eigenvalue weighted by molar-refractivity contribution is 5.41. The Morgan fingerprint density at radius 1 is 1.28 bits per heavy atom. The van der Waals surface area contributed by atoms with Crippen LogP contribution in [0.3, 0.4) is 0 Å². The number of benzene rings is 1. The molecule has 0 unspecified atom stereocenters. The number of nitro benzene ring substituents is 1. The van der Waals surface area contributed by atoms with Crippen molar-refractivity contribution in [3.63, 3.8) is 0 Å². The number of nitrogens with zero attached hydrogens (tertiary/aromatic N) is 1. The summed E-state index contributed by atoms with van der Waals surface area (Å²) in [6, 6.07) is 1.66. The Morgan fingerprint density at radius 2 is 1.78 bits per heavy atom. The van der Waals surface area contributed by atoms with Crippen molar-refractivity contribution in [2.75, 3.05) is 0 Å². The van der Waals surface area contributed by atoms with Crippen LogP contribution in [0.15, 0.2) is 18.2 Å². The number of hydrogen-bond donors (Lipinski definition) is 1. The molecule has 0 aliphatic rings. The van der Waals surface area contributed by atoms with Crippen molar-refractivity contribution in [2.24, 2.45) is 5.73 Å². The lowest BCUT2D eigenvalue weighted by Gasteiger charge is -2.10. The van der Waals surface area contributed by atoms with Gasteiger partial charge in [0, 0.05) is 18.2 Å². The van der Waals surface area contributed by atoms with Crippen molar-refractivity contribution < 1.29 is 18.1 Å². The summed E-state index contributed by atoms with van der Waals surface area (Å²) in [5.74, 6) is 0. The third kappa shape index (κ3) is 4.33. The zero-order valence-electron chi connectivity index (χ0n) is 10.3. The van der Waals surface area contributed by atoms with E-state index in [0.717, 1.165) is 12.1 Å². The molecule has 0 aliphatic carbocycles. The lowest BCUT2D eigenvalue weighted by molar-refractivity contribution is -0.385. The van der Waals surface area contributed by atoms with Crippen LogP contribution in [0.4, 0.5) is 18.9 Å². The Balaban J connectivity index is 0.00000137. The second kappa shape index (κ2) is 6.34. The van der Waals surface area contributed by atoms with E-state index in [-0.39, 0.29) is 5.56 Å². The first-order valence-corrected chi connectivity index (χ1v) is 5.34. The first-order valence-electron chi connectivity index (χ1n) is 5.34. The average molecular weight is 264 g/mol. The molecular weight excluding hydrogens is 249 g/mol. The molecule has 0 radical (unpaired) electrons. The van der Waals surface area contributed by atoms with E-state index in [9.17, 15) is 23.3 Å². The fourth-order valence-electron chi connectivity index (χ4n) is 1.17. The minimum Gasteiger partial charge on any atom is -0.324 e. The molecule has 0 aromatic heterocycles. The number of alkyl halides is 3. The molecule has 0 saturated carbocycles. The molecule has 1 atom stereocenters. The maximum atomic E-state index is 12.4. The number of rotatable bonds is 2. The predicted octanol–water partition coefficient (Wildman–Crippen LogP) is 3.66. The maximum absolute atomic E-state index is 12.4. The number of non-ortho nitro benzene ring substituents is 1. The van der Waals surface area contributed by atoms with E-state index in [4.69, 9.17) is 5.73 Å². The largest absolute Gasteiger partial charge is 0.416 e. The van der Waals surface area contributed by atoms with Gasteiger partial charge in [-0.3, -0.25) is 10.1 Å². The summed E-state index contributed by atoms with van der Waals surface area (Å²) in [4.78, 5) is 9.58. The SMILES string of the molecule is CC.C[C@@H](N)c1cc([N+](=O)[O-])cc(C(F)(F)F)c1. The second-order valence-electron chi connectivity index (χ2n) is 3.36. The Kier molecular flexibility index (Phi) is 5.77. The summed E-state index contributed by atoms with van der Waals surface area (Å²) in [6.45, 7) is 5.46. The van der Waals surface area contributed by atoms with Gasteiger partial charge < -0.3 is 5.73 Å². The van der Waals surface area contributed by atoms with Crippen molar-refractivity contribution in [3.05, 3.63) is 39.4 Å². The Morgan fingerprint density at radius 3 is 2.11 bits per heavy atom. The van der Waals surface area contributed by atoms with Crippen LogP contribution in [-0.4, -0.2) is 4.92 Å². The highest BCUT2D eigenvalue weighted by atomic mass is 19.4. The van der Waals surface area contributed by atoms with Gasteiger partial charge in [-0.1, -0.05) is 13.8 Å². The summed E-state index contributed by atoms with van der Waals surface area (Å²) in [5, 5.41) is 10.5. The molecule has 1 aromatic carbocycles. The highest BCUT2D eigenvalue weighted by Gasteiger charge is 2.32. The first kappa shape index (κ1) is 16.4. The quantitative estimate of drug-likeness (QED) is 0.654. The molecule has 1 rings (SSSR count). The maximum Gasteiger partial charge on any atom is 0.416 e. The van der Waals surface area contributed by atoms with E-state index in [1.807, 2.05) is 13.8 Å². The number of hydrogen-bond acceptors (Lipinski definition) is 3. The number of halogens is 3. The fraction of sp³-hybridized carbons (Fsp3) is 0.455. The molecule has 0 heterocycles. The van der Waals surface area contributed by atoms with Crippen molar-refractivity contribution in [3.8, 4) is 0 Å². The van der Waals surface area contributed by atoms with Gasteiger partial charge in [0.05, 0.1) is 10.5 Å². The van der Waals surface area contributed by atoms with Crippen LogP contribution in [0, 0.1) is 10.1 Å². The van der Waals surface area contributed by atoms with Crippen LogP contribution in [0.5, 0.6) is 0 Å². The van der Waals surface area contributed by atoms with Crippen LogP contribution in [0.1, 0.15) is 37.9 Å². The van der Waals surface area contributed by atoms with Gasteiger partial charge in [0.25, 0.3) is 5.69 Å². The molecule has 1 aromatic rings. The predicted molar refractivity (Wildman–Crippen MR) is 62.0 cm³/mol. The van der Waals surface area contributed by atoms with Crippen molar-refractivity contribution >= 4 is 5.69 Å². The smallest absolute Gasteiger partial charge is 0.324 e. The van der Waals surface area contributed by atoms with E-state index in [0.29, 0.717) is 6.07 Å². The van der Waals surface area contributed by atoms with Gasteiger partial charge in [-0.25, -0.2) is 0 Å². The summed E-state index contributed by atoms with van der Waals surface area (Å²) < 4.78 is 37.2. The van der Waals surface area contributed by atoms with Gasteiger partial charge in [-0.05, 0) is 18.6 Å². The third-order valence-corrected chi connectivity index (χ3v) is 2.00. The lowest BCUT2D eigenvalue weighted by Crippen LogP contribution is -2.10. The van der Waals surface area contributed by atoms with E-state index in [2.05, 4.69) is 0 Å². The molecule has 0 saturated heterocycles. The zero-order chi connectivity index (χ0) is 14.5. The molecule has 102 valence electrons. The Labute approximate surface area is 103 Å². The molecule has 0 aliphatic heterocycles. The highest BCUT2D eigenvalue weighted by Crippen LogP contribution is 2.33. The Hall–Kier alpha value is -1.63. The van der Waals surface area contributed by atoms with Gasteiger partial charge in [0.2, 0.25) is 0 Å². The van der Waals surface area contributed by atoms with E-state index in [1.54, 1.807) is 0 Å². The molecule has 7 heteroatoms. The normalized spacial score (nSPS) is 12.4. The van der Waals surface area contributed by atoms with Crippen molar-refractivity contribution in [1.29, 1.82) is 0 Å². The molecule has 2 N–H and O–H groups in total. The van der Waals surface area contributed by atoms with E-state index >= 15 is 0 Å². The number of nitrogens with two attached hydrogens (primary N) is 1. The summed E-state index contributed by atoms with van der Waals surface area (Å²) >= 11 is 0. The molecule has 4 nitrogen and oxygen atoms in total. The van der Waals surface area contributed by atoms with Gasteiger partial charge in [-0.2, -0.15) is 13.2 Å². The van der Waals surface area contributed by atoms with Crippen molar-refractivity contribution in [2.45, 2.75) is 33.0 Å². The van der Waals surface area contributed by atoms with Gasteiger partial charge >= 0.3 is 6.18 Å². The summed E-state index contributed by atoms with van der Waals surface area (Å²) in [6.07, 6.45) is -4.62. The summed E-state index contributed by atoms with van der Waals surface area (Å²) in [7, 11) is 0. The minimum absolute atomic E-state index is 0.0847. The van der Waals surface area contributed by atoms with Crippen LogP contribution in [-0.2, 0) is 6.18 Å². The minimum atomic E-state index is -4.62. The topological polar surface area (TPSA) is 69.2 Å². The van der Waals surface area contributed by atoms with Crippen LogP contribution >= 0.6 is 0 Å². The van der Waals surface area contributed by atoms with Crippen molar-refractivity contribution in [1.82, 2.24) is 0 Å². The standard InChI is InChI=1S/C9H9F3N2O2.C2H6/c1-5(13)6-2-7(9(10,11)12)4-8(3-6)14(15)16;1-2/h2-5H,13H2,1H3;1-2H3/t5-;/m1./s1. The molecule has 0 bridgehead atoms. The Bertz CT molecular complexity index is 417. The average Bonchev–Trinajstić information content (AvgIpc) is 2.29. The fourth-order valence-corrected chi connectivity index (χ4v) is 1.17. The first-order chi connectivity index (χ1) is 8.21. The second-order valence-corrected chi connectivity index (χ2v) is 3.36. The van der Waals surface area contributed by atoms with Crippen LogP contribution < -0.4 is 5.73 Å². The zero-order valence-corrected chi connectivity index (χ0v) is 10.3. The molecule has 0 spiro atoms. The van der Waals surface area contributed by atoms with Gasteiger partial charge in [-0.15, -0.1) is 0 Å². The monoisotopic (exact) mass is 264 g/mol. The third-order valence-electron chi connectivity index (χ3n) is 2.00. The van der Waals surface area contributed by atoms with Crippen LogP contribution in [0.25, 0.3) is 0 Å². The lowest BCUT2D eigenvalue weighted by atomic mass is 10.0. The molecule has 18 heavy (non-hydrogen) atoms. The van der Waals surface area contributed by atoms with E-state index < -0.39 is 28.4 Å². The van der Waals surface area contributed by atoms with Gasteiger partial charge in [0.15, 0.2) is 0 Å².